The molecule has 0 spiro atoms. The summed E-state index contributed by atoms with van der Waals surface area (Å²) in [6, 6.07) is 0. The van der Waals surface area contributed by atoms with Crippen molar-refractivity contribution in [2.75, 3.05) is 4.93 Å². The molecule has 0 fully saturated rings. The Bertz CT molecular complexity index is 23.6. The number of halogens is 2. The van der Waals surface area contributed by atoms with Crippen LogP contribution in [0.3, 0.4) is 0 Å². The van der Waals surface area contributed by atoms with Gasteiger partial charge in [-0.05, 0) is 0 Å². The standard InChI is InChI=1S/CH4BI2/c1-4-2-3/h2H,1H3/q-1/i2D. The van der Waals surface area contributed by atoms with Crippen molar-refractivity contribution >= 4 is 25.3 Å². The maximum atomic E-state index is 6.86. The Morgan fingerprint density at radius 2 is 2.75 bits per heavy atom. The third-order valence-electron chi connectivity index (χ3n) is 0.0825. The van der Waals surface area contributed by atoms with Crippen molar-refractivity contribution in [2.24, 2.45) is 0 Å². The molecule has 0 saturated carbocycles. The normalized spacial score (nSPS) is 11.0. The molecular formula is CH4BI2-. The molecule has 26 valence electrons. The predicted octanol–water partition coefficient (Wildman–Crippen LogP) is -2.59. The first-order chi connectivity index (χ1) is 2.27. The summed E-state index contributed by atoms with van der Waals surface area (Å²) in [5, 5.41) is 0. The van der Waals surface area contributed by atoms with Crippen LogP contribution in [0.2, 0.25) is 0 Å². The summed E-state index contributed by atoms with van der Waals surface area (Å²) < 4.78 is 7.08. The monoisotopic (exact) mass is 282 g/mol. The molecule has 0 aromatic rings. The maximum absolute atomic E-state index is 6.86. The molecule has 0 aliphatic rings. The second-order valence-electron chi connectivity index (χ2n) is 0.301. The van der Waals surface area contributed by atoms with Gasteiger partial charge in [0.15, 0.2) is 0 Å². The van der Waals surface area contributed by atoms with Crippen LogP contribution in [-0.2, 0) is 0 Å². The number of alkyl halides is 1. The van der Waals surface area contributed by atoms with Gasteiger partial charge in [-0.2, -0.15) is 0 Å². The predicted molar refractivity (Wildman–Crippen MR) is 27.1 cm³/mol. The molecule has 0 unspecified atom stereocenters. The number of hydrogen-bond acceptors (Lipinski definition) is 0. The van der Waals surface area contributed by atoms with Gasteiger partial charge in [0.2, 0.25) is 0 Å². The average molecular weight is 282 g/mol. The molecule has 0 N–H and O–H groups in total. The fraction of sp³-hybridized carbons (Fsp3) is 1.00. The SMILES string of the molecule is [2H]B(I)[I-]C. The Morgan fingerprint density at radius 1 is 2.50 bits per heavy atom. The molecule has 4 heavy (non-hydrogen) atoms. The zero-order valence-corrected chi connectivity index (χ0v) is 6.65. The zero-order chi connectivity index (χ0) is 4.28. The Morgan fingerprint density at radius 3 is 2.75 bits per heavy atom. The van der Waals surface area contributed by atoms with Crippen molar-refractivity contribution in [1.82, 2.24) is 0 Å². The minimum atomic E-state index is 0.201. The van der Waals surface area contributed by atoms with E-state index in [9.17, 15) is 0 Å². The van der Waals surface area contributed by atoms with Crippen LogP contribution >= 0.6 is 22.4 Å². The van der Waals surface area contributed by atoms with Crippen molar-refractivity contribution < 1.29 is 21.0 Å². The third kappa shape index (κ3) is 3.52. The van der Waals surface area contributed by atoms with E-state index in [0.29, 0.717) is 0 Å². The van der Waals surface area contributed by atoms with Crippen molar-refractivity contribution in [3.8, 4) is 0 Å². The van der Waals surface area contributed by atoms with Crippen molar-refractivity contribution in [1.29, 1.82) is 1.34 Å². The molecule has 0 heterocycles. The van der Waals surface area contributed by atoms with E-state index in [-0.39, 0.29) is 23.9 Å². The van der Waals surface area contributed by atoms with Gasteiger partial charge < -0.3 is 0 Å². The Labute approximate surface area is 52.2 Å². The van der Waals surface area contributed by atoms with Gasteiger partial charge in [0.1, 0.15) is 0 Å². The van der Waals surface area contributed by atoms with E-state index < -0.39 is 0 Å². The first-order valence-corrected chi connectivity index (χ1v) is 5.46. The van der Waals surface area contributed by atoms with Crippen molar-refractivity contribution in [3.63, 3.8) is 0 Å². The van der Waals surface area contributed by atoms with Gasteiger partial charge >= 0.3 is 52.6 Å². The van der Waals surface area contributed by atoms with Gasteiger partial charge in [0.25, 0.3) is 0 Å². The van der Waals surface area contributed by atoms with Crippen LogP contribution in [0.5, 0.6) is 0 Å². The van der Waals surface area contributed by atoms with Crippen LogP contribution in [0.15, 0.2) is 0 Å². The topological polar surface area (TPSA) is 0 Å². The number of rotatable bonds is 1. The minimum absolute atomic E-state index is 0.201. The molecule has 0 aromatic carbocycles. The van der Waals surface area contributed by atoms with Gasteiger partial charge in [-0.15, -0.1) is 0 Å². The van der Waals surface area contributed by atoms with E-state index in [0.717, 1.165) is 0 Å². The van der Waals surface area contributed by atoms with Crippen LogP contribution in [0.1, 0.15) is 0 Å². The summed E-state index contributed by atoms with van der Waals surface area (Å²) in [5.41, 5.74) is 0. The molecule has 3 heteroatoms. The summed E-state index contributed by atoms with van der Waals surface area (Å²) in [6.45, 7) is 0. The molecule has 0 aromatic heterocycles. The Balaban J connectivity index is 2.54. The molecule has 0 atom stereocenters. The average Bonchev–Trinajstić information content (AvgIpc) is 1.38. The molecule has 0 bridgehead atoms. The van der Waals surface area contributed by atoms with Crippen LogP contribution in [0.25, 0.3) is 0 Å². The quantitative estimate of drug-likeness (QED) is 0.281. The van der Waals surface area contributed by atoms with E-state index in [4.69, 9.17) is 1.34 Å². The zero-order valence-electron chi connectivity index (χ0n) is 3.33. The van der Waals surface area contributed by atoms with Crippen LogP contribution in [-0.4, -0.2) is 9.22 Å². The second kappa shape index (κ2) is 4.52. The Hall–Kier alpha value is 1.52. The summed E-state index contributed by atoms with van der Waals surface area (Å²) >= 11 is 2.32. The summed E-state index contributed by atoms with van der Waals surface area (Å²) in [5.74, 6) is 0. The second-order valence-corrected chi connectivity index (χ2v) is 5.18. The molecular weight excluding hydrogens is 277 g/mol. The van der Waals surface area contributed by atoms with Crippen molar-refractivity contribution in [2.45, 2.75) is 0 Å². The van der Waals surface area contributed by atoms with Gasteiger partial charge in [0.05, 0.1) is 0 Å². The van der Waals surface area contributed by atoms with Gasteiger partial charge in [-0.3, -0.25) is 0 Å². The first kappa shape index (κ1) is 3.71. The molecule has 0 amide bonds. The van der Waals surface area contributed by atoms with Crippen LogP contribution < -0.4 is 21.0 Å². The fourth-order valence-electron chi connectivity index (χ4n) is 0. The molecule has 0 rings (SSSR count). The van der Waals surface area contributed by atoms with Gasteiger partial charge in [-0.25, -0.2) is 0 Å². The molecule has 0 aliphatic carbocycles. The Kier molecular flexibility index (Phi) is 4.19. The van der Waals surface area contributed by atoms with Gasteiger partial charge in [0, 0.05) is 0 Å². The first-order valence-electron chi connectivity index (χ1n) is 1.39. The number of hydrogen-bond donors (Lipinski definition) is 0. The summed E-state index contributed by atoms with van der Waals surface area (Å²) in [4.78, 5) is 2.11. The molecule has 0 aliphatic heterocycles. The van der Waals surface area contributed by atoms with Gasteiger partial charge in [-0.1, -0.05) is 0 Å². The molecule has 0 saturated heterocycles. The van der Waals surface area contributed by atoms with E-state index >= 15 is 0 Å². The fourth-order valence-corrected chi connectivity index (χ4v) is 0. The third-order valence-corrected chi connectivity index (χ3v) is 3.71. The van der Waals surface area contributed by atoms with E-state index in [1.165, 1.54) is 0 Å². The van der Waals surface area contributed by atoms with E-state index in [1.807, 2.05) is 0 Å². The summed E-state index contributed by atoms with van der Waals surface area (Å²) in [7, 11) is 0. The molecule has 0 nitrogen and oxygen atoms in total. The molecule has 0 radical (unpaired) electrons. The van der Waals surface area contributed by atoms with Crippen LogP contribution in [0.4, 0.5) is 0 Å². The van der Waals surface area contributed by atoms with E-state index in [1.54, 1.807) is 0 Å². The van der Waals surface area contributed by atoms with E-state index in [2.05, 4.69) is 27.3 Å². The summed E-state index contributed by atoms with van der Waals surface area (Å²) in [6.07, 6.45) is 0. The van der Waals surface area contributed by atoms with Crippen LogP contribution in [0, 0.1) is 0 Å². The van der Waals surface area contributed by atoms with Crippen molar-refractivity contribution in [3.05, 3.63) is 0 Å².